The van der Waals surface area contributed by atoms with Crippen LogP contribution < -0.4 is 10.2 Å². The van der Waals surface area contributed by atoms with Crippen LogP contribution in [0.4, 0.5) is 13.2 Å². The molecule has 234 valence electrons. The van der Waals surface area contributed by atoms with Gasteiger partial charge in [0.25, 0.3) is 5.91 Å². The van der Waals surface area contributed by atoms with E-state index in [2.05, 4.69) is 25.0 Å². The number of ether oxygens (including phenoxy) is 1. The fraction of sp³-hybridized carbons (Fsp3) is 0.481. The van der Waals surface area contributed by atoms with Crippen molar-refractivity contribution in [2.75, 3.05) is 13.1 Å². The van der Waals surface area contributed by atoms with Gasteiger partial charge in [-0.05, 0) is 92.1 Å². The summed E-state index contributed by atoms with van der Waals surface area (Å²) in [5, 5.41) is 21.6. The maximum Gasteiger partial charge on any atom is 0.573 e. The second kappa shape index (κ2) is 13.2. The molecule has 0 atom stereocenters. The molecule has 16 heteroatoms. The topological polar surface area (TPSA) is 140 Å². The number of rotatable bonds is 11. The number of carbonyl (C=O) groups excluding carboxylic acids is 1. The molecule has 0 spiro atoms. The number of alkyl halides is 3. The number of halogens is 4. The summed E-state index contributed by atoms with van der Waals surface area (Å²) in [6.45, 7) is 1.44. The van der Waals surface area contributed by atoms with Crippen molar-refractivity contribution >= 4 is 28.2 Å². The predicted molar refractivity (Wildman–Crippen MR) is 150 cm³/mol. The Bertz CT molecular complexity index is 1490. The second-order valence-corrected chi connectivity index (χ2v) is 12.8. The van der Waals surface area contributed by atoms with Crippen LogP contribution in [-0.2, 0) is 27.6 Å². The number of nitrogens with one attached hydrogen (secondary N) is 1. The summed E-state index contributed by atoms with van der Waals surface area (Å²) in [4.78, 5) is 16.4. The summed E-state index contributed by atoms with van der Waals surface area (Å²) in [7, 11) is -4.06. The summed E-state index contributed by atoms with van der Waals surface area (Å²) >= 11 is 0. The highest BCUT2D eigenvalue weighted by Gasteiger charge is 2.54. The molecule has 2 heterocycles. The molecule has 0 radical (unpaired) electrons. The smallest absolute Gasteiger partial charge is 0.406 e. The number of hydroxylamine groups is 1. The standard InChI is InChI=1S/C27H31F3N6O5S.ClH/c28-27(29,30)41-22-10-6-20(7-11-22)24-31-34-36(32-24)16-2-1-3-19-4-12-23(13-5-19)42(39,40)26(25(37)33-38)14-17-35(18-15-26)21-8-9-21;/h4-7,10-13,21,38H,1-3,8-9,14-18H2,(H,33,37);1H. The number of aromatic nitrogens is 4. The van der Waals surface area contributed by atoms with E-state index in [9.17, 15) is 31.6 Å². The maximum atomic E-state index is 13.6. The van der Waals surface area contributed by atoms with Gasteiger partial charge >= 0.3 is 6.36 Å². The Morgan fingerprint density at radius 1 is 1.05 bits per heavy atom. The van der Waals surface area contributed by atoms with Gasteiger partial charge in [-0.2, -0.15) is 4.80 Å². The van der Waals surface area contributed by atoms with Crippen molar-refractivity contribution in [2.24, 2.45) is 0 Å². The normalized spacial score (nSPS) is 17.2. The number of carbonyl (C=O) groups is 1. The van der Waals surface area contributed by atoms with Gasteiger partial charge < -0.3 is 9.64 Å². The lowest BCUT2D eigenvalue weighted by Crippen LogP contribution is -2.58. The number of piperidine rings is 1. The number of unbranched alkanes of at least 4 members (excludes halogenated alkanes) is 1. The molecule has 1 saturated carbocycles. The summed E-state index contributed by atoms with van der Waals surface area (Å²) in [5.41, 5.74) is 3.02. The molecule has 43 heavy (non-hydrogen) atoms. The lowest BCUT2D eigenvalue weighted by molar-refractivity contribution is -0.274. The summed E-state index contributed by atoms with van der Waals surface area (Å²) < 4.78 is 66.5. The molecule has 0 bridgehead atoms. The van der Waals surface area contributed by atoms with Gasteiger partial charge in [-0.1, -0.05) is 12.1 Å². The Balaban J connectivity index is 0.00000423. The molecule has 1 saturated heterocycles. The molecule has 5 rings (SSSR count). The first kappa shape index (κ1) is 32.6. The number of likely N-dealkylation sites (tertiary alicyclic amines) is 1. The van der Waals surface area contributed by atoms with Gasteiger partial charge in [0.1, 0.15) is 5.75 Å². The van der Waals surface area contributed by atoms with Gasteiger partial charge in [0.05, 0.1) is 11.4 Å². The van der Waals surface area contributed by atoms with E-state index >= 15 is 0 Å². The van der Waals surface area contributed by atoms with Crippen LogP contribution in [0.15, 0.2) is 53.4 Å². The molecule has 2 fully saturated rings. The number of hydrogen-bond donors (Lipinski definition) is 2. The van der Waals surface area contributed by atoms with Gasteiger partial charge in [-0.25, -0.2) is 13.9 Å². The van der Waals surface area contributed by atoms with Crippen molar-refractivity contribution in [2.45, 2.75) is 73.5 Å². The second-order valence-electron chi connectivity index (χ2n) is 10.6. The van der Waals surface area contributed by atoms with E-state index in [1.807, 2.05) is 0 Å². The number of aryl methyl sites for hydroxylation is 2. The van der Waals surface area contributed by atoms with Crippen LogP contribution in [0, 0.1) is 0 Å². The number of sulfone groups is 1. The van der Waals surface area contributed by atoms with Crippen molar-refractivity contribution in [3.63, 3.8) is 0 Å². The maximum absolute atomic E-state index is 13.6. The molecule has 11 nitrogen and oxygen atoms in total. The minimum absolute atomic E-state index is 0. The monoisotopic (exact) mass is 644 g/mol. The zero-order valence-electron chi connectivity index (χ0n) is 23.0. The average Bonchev–Trinajstić information content (AvgIpc) is 3.72. The first-order chi connectivity index (χ1) is 20.0. The van der Waals surface area contributed by atoms with Gasteiger partial charge in [0.2, 0.25) is 5.82 Å². The van der Waals surface area contributed by atoms with Crippen molar-refractivity contribution < 1.29 is 36.3 Å². The minimum atomic E-state index is -4.77. The van der Waals surface area contributed by atoms with Gasteiger partial charge in [-0.3, -0.25) is 10.0 Å². The third-order valence-corrected chi connectivity index (χ3v) is 10.3. The fourth-order valence-electron chi connectivity index (χ4n) is 5.31. The lowest BCUT2D eigenvalue weighted by atomic mass is 9.94. The molecule has 1 aliphatic carbocycles. The fourth-order valence-corrected chi connectivity index (χ4v) is 7.27. The van der Waals surface area contributed by atoms with Crippen LogP contribution in [0.25, 0.3) is 11.4 Å². The Morgan fingerprint density at radius 3 is 2.28 bits per heavy atom. The molecule has 1 aliphatic heterocycles. The van der Waals surface area contributed by atoms with Gasteiger partial charge in [0, 0.05) is 24.7 Å². The number of hydrogen-bond acceptors (Lipinski definition) is 9. The number of amides is 1. The largest absolute Gasteiger partial charge is 0.573 e. The summed E-state index contributed by atoms with van der Waals surface area (Å²) in [6, 6.07) is 12.2. The minimum Gasteiger partial charge on any atom is -0.406 e. The Hall–Kier alpha value is -3.27. The van der Waals surface area contributed by atoms with E-state index in [0.29, 0.717) is 44.1 Å². The van der Waals surface area contributed by atoms with Gasteiger partial charge in [-0.15, -0.1) is 35.8 Å². The van der Waals surface area contributed by atoms with Crippen molar-refractivity contribution in [3.05, 3.63) is 54.1 Å². The van der Waals surface area contributed by atoms with E-state index < -0.39 is 26.9 Å². The Labute approximate surface area is 252 Å². The number of benzene rings is 2. The zero-order chi connectivity index (χ0) is 30.0. The SMILES string of the molecule is Cl.O=C(NO)C1(S(=O)(=O)c2ccc(CCCCn3nnc(-c4ccc(OC(F)(F)F)cc4)n3)cc2)CCN(C2CC2)CC1. The average molecular weight is 645 g/mol. The third kappa shape index (κ3) is 7.45. The Kier molecular flexibility index (Phi) is 9.99. The molecule has 1 aromatic heterocycles. The van der Waals surface area contributed by atoms with Crippen molar-refractivity contribution in [3.8, 4) is 17.1 Å². The summed E-state index contributed by atoms with van der Waals surface area (Å²) in [5.74, 6) is -0.954. The van der Waals surface area contributed by atoms with Crippen molar-refractivity contribution in [1.29, 1.82) is 0 Å². The van der Waals surface area contributed by atoms with E-state index in [0.717, 1.165) is 24.8 Å². The number of nitrogens with zero attached hydrogens (tertiary/aromatic N) is 5. The molecule has 2 N–H and O–H groups in total. The van der Waals surface area contributed by atoms with Crippen LogP contribution >= 0.6 is 12.4 Å². The van der Waals surface area contributed by atoms with E-state index in [1.165, 1.54) is 41.2 Å². The summed E-state index contributed by atoms with van der Waals surface area (Å²) in [6.07, 6.45) is -0.230. The van der Waals surface area contributed by atoms with Crippen LogP contribution in [0.3, 0.4) is 0 Å². The first-order valence-corrected chi connectivity index (χ1v) is 15.2. The lowest BCUT2D eigenvalue weighted by Gasteiger charge is -2.39. The molecular formula is C27H32ClF3N6O5S. The molecule has 1 amide bonds. The third-order valence-electron chi connectivity index (χ3n) is 7.80. The highest BCUT2D eigenvalue weighted by molar-refractivity contribution is 7.93. The Morgan fingerprint density at radius 2 is 1.70 bits per heavy atom. The van der Waals surface area contributed by atoms with Crippen LogP contribution in [-0.4, -0.2) is 74.9 Å². The first-order valence-electron chi connectivity index (χ1n) is 13.7. The highest BCUT2D eigenvalue weighted by atomic mass is 35.5. The quantitative estimate of drug-likeness (QED) is 0.180. The van der Waals surface area contributed by atoms with Crippen molar-refractivity contribution in [1.82, 2.24) is 30.6 Å². The zero-order valence-corrected chi connectivity index (χ0v) is 24.7. The van der Waals surface area contributed by atoms with Crippen LogP contribution in [0.2, 0.25) is 0 Å². The van der Waals surface area contributed by atoms with Crippen LogP contribution in [0.1, 0.15) is 44.1 Å². The molecule has 2 aromatic carbocycles. The van der Waals surface area contributed by atoms with E-state index in [1.54, 1.807) is 17.6 Å². The molecule has 2 aliphatic rings. The van der Waals surface area contributed by atoms with E-state index in [4.69, 9.17) is 0 Å². The van der Waals surface area contributed by atoms with Crippen LogP contribution in [0.5, 0.6) is 5.75 Å². The number of tetrazole rings is 1. The predicted octanol–water partition coefficient (Wildman–Crippen LogP) is 3.96. The molecular weight excluding hydrogens is 613 g/mol. The molecule has 3 aromatic rings. The van der Waals surface area contributed by atoms with Gasteiger partial charge in [0.15, 0.2) is 14.6 Å². The highest BCUT2D eigenvalue weighted by Crippen LogP contribution is 2.39. The molecule has 0 unspecified atom stereocenters. The van der Waals surface area contributed by atoms with E-state index in [-0.39, 0.29) is 41.7 Å².